The maximum absolute atomic E-state index is 11.6. The first-order valence-electron chi connectivity index (χ1n) is 5.66. The lowest BCUT2D eigenvalue weighted by atomic mass is 10.0. The molecular weight excluding hydrogens is 254 g/mol. The van der Waals surface area contributed by atoms with Crippen molar-refractivity contribution in [1.29, 1.82) is 0 Å². The molecule has 0 heterocycles. The van der Waals surface area contributed by atoms with Gasteiger partial charge >= 0.3 is 0 Å². The lowest BCUT2D eigenvalue weighted by molar-refractivity contribution is -0.144. The molecule has 0 aliphatic carbocycles. The number of rotatable bonds is 6. The van der Waals surface area contributed by atoms with E-state index in [9.17, 15) is 20.1 Å². The lowest BCUT2D eigenvalue weighted by Crippen LogP contribution is -2.50. The number of amides is 1. The van der Waals surface area contributed by atoms with Crippen molar-refractivity contribution in [3.05, 3.63) is 30.3 Å². The number of carbonyl (C=O) groups excluding carboxylic acids is 1. The molecule has 106 valence electrons. The fourth-order valence-corrected chi connectivity index (χ4v) is 1.42. The lowest BCUT2D eigenvalue weighted by Gasteiger charge is -2.24. The first kappa shape index (κ1) is 15.5. The Kier molecular flexibility index (Phi) is 5.87. The second-order valence-corrected chi connectivity index (χ2v) is 4.03. The van der Waals surface area contributed by atoms with E-state index in [2.05, 4.69) is 5.32 Å². The number of benzene rings is 1. The minimum absolute atomic E-state index is 0.413. The van der Waals surface area contributed by atoms with Crippen LogP contribution in [0.4, 0.5) is 5.69 Å². The van der Waals surface area contributed by atoms with Crippen molar-refractivity contribution in [2.24, 2.45) is 0 Å². The van der Waals surface area contributed by atoms with Crippen molar-refractivity contribution in [3.63, 3.8) is 0 Å². The van der Waals surface area contributed by atoms with Crippen LogP contribution in [0.15, 0.2) is 30.3 Å². The summed E-state index contributed by atoms with van der Waals surface area (Å²) in [6.07, 6.45) is -7.32. The van der Waals surface area contributed by atoms with Crippen molar-refractivity contribution < 1.29 is 30.3 Å². The van der Waals surface area contributed by atoms with Crippen LogP contribution in [0.1, 0.15) is 0 Å². The van der Waals surface area contributed by atoms with Crippen LogP contribution in [-0.4, -0.2) is 62.5 Å². The third-order valence-electron chi connectivity index (χ3n) is 2.56. The van der Waals surface area contributed by atoms with Crippen LogP contribution in [0.5, 0.6) is 0 Å². The van der Waals surface area contributed by atoms with Gasteiger partial charge in [0.25, 0.3) is 5.91 Å². The van der Waals surface area contributed by atoms with Gasteiger partial charge in [0.05, 0.1) is 6.61 Å². The Bertz CT molecular complexity index is 398. The molecule has 1 rings (SSSR count). The number of carbonyl (C=O) groups is 1. The van der Waals surface area contributed by atoms with Crippen LogP contribution in [0.2, 0.25) is 0 Å². The fraction of sp³-hybridized carbons (Fsp3) is 0.417. The molecule has 4 atom stereocenters. The van der Waals surface area contributed by atoms with Gasteiger partial charge in [-0.3, -0.25) is 4.79 Å². The highest BCUT2D eigenvalue weighted by Crippen LogP contribution is 2.09. The minimum atomic E-state index is -1.93. The van der Waals surface area contributed by atoms with Crippen molar-refractivity contribution in [3.8, 4) is 0 Å². The van der Waals surface area contributed by atoms with Gasteiger partial charge in [0.2, 0.25) is 0 Å². The molecule has 0 spiro atoms. The average Bonchev–Trinajstić information content (AvgIpc) is 2.44. The maximum atomic E-state index is 11.6. The van der Waals surface area contributed by atoms with E-state index in [1.807, 2.05) is 0 Å². The summed E-state index contributed by atoms with van der Waals surface area (Å²) < 4.78 is 0. The van der Waals surface area contributed by atoms with Crippen LogP contribution < -0.4 is 5.32 Å². The van der Waals surface area contributed by atoms with Gasteiger partial charge in [0.15, 0.2) is 6.10 Å². The standard InChI is InChI=1S/C12H17NO6/c14-6-8(15)9(16)10(17)11(18)12(19)13-7-4-2-1-3-5-7/h1-5,8-11,14-18H,6H2,(H,13,19). The van der Waals surface area contributed by atoms with Crippen LogP contribution in [0, 0.1) is 0 Å². The second kappa shape index (κ2) is 7.17. The third kappa shape index (κ3) is 4.27. The van der Waals surface area contributed by atoms with Crippen LogP contribution >= 0.6 is 0 Å². The van der Waals surface area contributed by atoms with Crippen LogP contribution in [-0.2, 0) is 4.79 Å². The molecular formula is C12H17NO6. The Morgan fingerprint density at radius 3 is 2.16 bits per heavy atom. The quantitative estimate of drug-likeness (QED) is 0.357. The number of aliphatic hydroxyl groups is 5. The summed E-state index contributed by atoms with van der Waals surface area (Å²) in [5, 5.41) is 48.5. The smallest absolute Gasteiger partial charge is 0.256 e. The number of nitrogens with one attached hydrogen (secondary N) is 1. The van der Waals surface area contributed by atoms with Gasteiger partial charge in [-0.05, 0) is 12.1 Å². The molecule has 0 aromatic heterocycles. The highest BCUT2D eigenvalue weighted by atomic mass is 16.4. The first-order valence-corrected chi connectivity index (χ1v) is 5.66. The molecule has 19 heavy (non-hydrogen) atoms. The van der Waals surface area contributed by atoms with Crippen molar-refractivity contribution in [2.75, 3.05) is 11.9 Å². The molecule has 0 saturated heterocycles. The molecule has 7 heteroatoms. The molecule has 4 unspecified atom stereocenters. The molecule has 0 radical (unpaired) electrons. The predicted molar refractivity (Wildman–Crippen MR) is 66.2 cm³/mol. The highest BCUT2D eigenvalue weighted by Gasteiger charge is 2.34. The molecule has 6 N–H and O–H groups in total. The fourth-order valence-electron chi connectivity index (χ4n) is 1.42. The van der Waals surface area contributed by atoms with Crippen LogP contribution in [0.25, 0.3) is 0 Å². The van der Waals surface area contributed by atoms with Gasteiger partial charge < -0.3 is 30.8 Å². The zero-order valence-corrected chi connectivity index (χ0v) is 10.0. The summed E-state index contributed by atoms with van der Waals surface area (Å²) in [5.74, 6) is -0.928. The molecule has 1 amide bonds. The summed E-state index contributed by atoms with van der Waals surface area (Å²) in [6, 6.07) is 8.24. The van der Waals surface area contributed by atoms with Gasteiger partial charge in [-0.1, -0.05) is 18.2 Å². The molecule has 0 fully saturated rings. The molecule has 1 aromatic rings. The molecule has 1 aromatic carbocycles. The maximum Gasteiger partial charge on any atom is 0.256 e. The summed E-state index contributed by atoms with van der Waals surface area (Å²) in [4.78, 5) is 11.6. The Balaban J connectivity index is 2.61. The van der Waals surface area contributed by atoms with Gasteiger partial charge in [-0.2, -0.15) is 0 Å². The van der Waals surface area contributed by atoms with E-state index in [0.29, 0.717) is 5.69 Å². The zero-order chi connectivity index (χ0) is 14.4. The van der Waals surface area contributed by atoms with Crippen LogP contribution in [0.3, 0.4) is 0 Å². The van der Waals surface area contributed by atoms with E-state index in [1.54, 1.807) is 30.3 Å². The van der Waals surface area contributed by atoms with Gasteiger partial charge in [-0.25, -0.2) is 0 Å². The number of para-hydroxylation sites is 1. The summed E-state index contributed by atoms with van der Waals surface area (Å²) in [5.41, 5.74) is 0.413. The van der Waals surface area contributed by atoms with Gasteiger partial charge in [0, 0.05) is 5.69 Å². The molecule has 0 aliphatic heterocycles. The summed E-state index contributed by atoms with van der Waals surface area (Å²) in [6.45, 7) is -0.800. The topological polar surface area (TPSA) is 130 Å². The zero-order valence-electron chi connectivity index (χ0n) is 10.0. The SMILES string of the molecule is O=C(Nc1ccccc1)C(O)C(O)C(O)C(O)CO. The van der Waals surface area contributed by atoms with Gasteiger partial charge in [0.1, 0.15) is 18.3 Å². The Labute approximate surface area is 109 Å². The monoisotopic (exact) mass is 271 g/mol. The normalized spacial score (nSPS) is 17.3. The Morgan fingerprint density at radius 1 is 1.05 bits per heavy atom. The third-order valence-corrected chi connectivity index (χ3v) is 2.56. The number of aliphatic hydroxyl groups excluding tert-OH is 5. The van der Waals surface area contributed by atoms with E-state index >= 15 is 0 Å². The predicted octanol–water partition coefficient (Wildman–Crippen LogP) is -1.94. The largest absolute Gasteiger partial charge is 0.394 e. The molecule has 0 saturated carbocycles. The second-order valence-electron chi connectivity index (χ2n) is 4.03. The summed E-state index contributed by atoms with van der Waals surface area (Å²) >= 11 is 0. The minimum Gasteiger partial charge on any atom is -0.394 e. The van der Waals surface area contributed by atoms with E-state index in [4.69, 9.17) is 10.2 Å². The van der Waals surface area contributed by atoms with E-state index in [0.717, 1.165) is 0 Å². The summed E-state index contributed by atoms with van der Waals surface area (Å²) in [7, 11) is 0. The van der Waals surface area contributed by atoms with Gasteiger partial charge in [-0.15, -0.1) is 0 Å². The molecule has 7 nitrogen and oxygen atoms in total. The first-order chi connectivity index (χ1) is 8.97. The highest BCUT2D eigenvalue weighted by molar-refractivity contribution is 5.94. The number of anilines is 1. The Hall–Kier alpha value is -1.51. The van der Waals surface area contributed by atoms with Crippen molar-refractivity contribution in [2.45, 2.75) is 24.4 Å². The number of hydrogen-bond acceptors (Lipinski definition) is 6. The van der Waals surface area contributed by atoms with E-state index in [1.165, 1.54) is 0 Å². The van der Waals surface area contributed by atoms with Crippen molar-refractivity contribution >= 4 is 11.6 Å². The average molecular weight is 271 g/mol. The molecule has 0 bridgehead atoms. The molecule has 0 aliphatic rings. The van der Waals surface area contributed by atoms with E-state index in [-0.39, 0.29) is 0 Å². The van der Waals surface area contributed by atoms with Crippen molar-refractivity contribution in [1.82, 2.24) is 0 Å². The van der Waals surface area contributed by atoms with E-state index < -0.39 is 36.9 Å². The Morgan fingerprint density at radius 2 is 1.63 bits per heavy atom. The number of hydrogen-bond donors (Lipinski definition) is 6.